The number of halogens is 2. The van der Waals surface area contributed by atoms with E-state index in [-0.39, 0.29) is 17.9 Å². The topological polar surface area (TPSA) is 81.2 Å². The van der Waals surface area contributed by atoms with E-state index in [0.717, 1.165) is 11.8 Å². The Morgan fingerprint density at radius 1 is 1.00 bits per heavy atom. The van der Waals surface area contributed by atoms with Crippen LogP contribution in [0.15, 0.2) is 66.1 Å². The summed E-state index contributed by atoms with van der Waals surface area (Å²) < 4.78 is 31.0. The van der Waals surface area contributed by atoms with Crippen molar-refractivity contribution in [3.8, 4) is 0 Å². The number of carbonyl (C=O) groups excluding carboxylic acids is 2. The predicted octanol–water partition coefficient (Wildman–Crippen LogP) is 3.84. The molecule has 3 rings (SSSR count). The normalized spacial score (nSPS) is 10.4. The van der Waals surface area contributed by atoms with Crippen LogP contribution in [0.2, 0.25) is 0 Å². The van der Waals surface area contributed by atoms with Gasteiger partial charge in [-0.3, -0.25) is 9.59 Å². The average Bonchev–Trinajstić information content (AvgIpc) is 2.73. The molecule has 3 aromatic rings. The second-order valence-electron chi connectivity index (χ2n) is 5.79. The summed E-state index contributed by atoms with van der Waals surface area (Å²) in [7, 11) is 0. The molecular weight excluding hydrogens is 400 g/mol. The van der Waals surface area contributed by atoms with Crippen molar-refractivity contribution in [2.24, 2.45) is 0 Å². The number of benzene rings is 2. The van der Waals surface area contributed by atoms with Gasteiger partial charge in [0.1, 0.15) is 18.2 Å². The Labute approximate surface area is 169 Å². The Hall–Kier alpha value is -3.33. The molecule has 0 unspecified atom stereocenters. The molecule has 0 aliphatic rings. The quantitative estimate of drug-likeness (QED) is 0.359. The second-order valence-corrected chi connectivity index (χ2v) is 6.74. The first-order valence-corrected chi connectivity index (χ1v) is 9.40. The van der Waals surface area contributed by atoms with Crippen molar-refractivity contribution in [2.45, 2.75) is 11.8 Å². The fourth-order valence-corrected chi connectivity index (χ4v) is 2.78. The summed E-state index contributed by atoms with van der Waals surface area (Å²) >= 11 is 1.05. The van der Waals surface area contributed by atoms with Gasteiger partial charge in [-0.25, -0.2) is 18.7 Å². The number of amides is 1. The molecule has 1 amide bonds. The highest BCUT2D eigenvalue weighted by Crippen LogP contribution is 2.15. The molecule has 1 N–H and O–H groups in total. The van der Waals surface area contributed by atoms with Gasteiger partial charge in [0.15, 0.2) is 5.16 Å². The smallest absolute Gasteiger partial charge is 0.316 e. The first-order valence-electron chi connectivity index (χ1n) is 8.41. The summed E-state index contributed by atoms with van der Waals surface area (Å²) in [6, 6.07) is 11.1. The molecule has 6 nitrogen and oxygen atoms in total. The van der Waals surface area contributed by atoms with Crippen molar-refractivity contribution >= 4 is 29.3 Å². The van der Waals surface area contributed by atoms with Crippen molar-refractivity contribution in [1.82, 2.24) is 9.97 Å². The maximum absolute atomic E-state index is 13.1. The van der Waals surface area contributed by atoms with E-state index in [4.69, 9.17) is 4.74 Å². The number of nitrogens with one attached hydrogen (secondary N) is 1. The zero-order valence-electron chi connectivity index (χ0n) is 15.0. The Balaban J connectivity index is 1.46. The summed E-state index contributed by atoms with van der Waals surface area (Å²) in [6.07, 6.45) is 2.65. The highest BCUT2D eigenvalue weighted by Gasteiger charge is 2.10. The van der Waals surface area contributed by atoms with Gasteiger partial charge >= 0.3 is 5.97 Å². The predicted molar refractivity (Wildman–Crippen MR) is 103 cm³/mol. The molecule has 0 saturated heterocycles. The number of rotatable bonds is 7. The number of nitrogens with zero attached hydrogens (tertiary/aromatic N) is 2. The maximum Gasteiger partial charge on any atom is 0.316 e. The molecular formula is C20H15F2N3O3S. The minimum atomic E-state index is -0.499. The summed E-state index contributed by atoms with van der Waals surface area (Å²) in [5.74, 6) is -1.77. The Morgan fingerprint density at radius 2 is 1.72 bits per heavy atom. The average molecular weight is 415 g/mol. The molecule has 1 aromatic heterocycles. The number of aromatic nitrogens is 2. The van der Waals surface area contributed by atoms with Crippen LogP contribution in [0, 0.1) is 11.6 Å². The van der Waals surface area contributed by atoms with E-state index in [1.807, 2.05) is 0 Å². The lowest BCUT2D eigenvalue weighted by molar-refractivity contribution is -0.141. The summed E-state index contributed by atoms with van der Waals surface area (Å²) in [4.78, 5) is 32.0. The van der Waals surface area contributed by atoms with Crippen LogP contribution >= 0.6 is 11.8 Å². The van der Waals surface area contributed by atoms with E-state index < -0.39 is 23.5 Å². The number of carbonyl (C=O) groups is 2. The van der Waals surface area contributed by atoms with E-state index in [1.165, 1.54) is 54.9 Å². The molecule has 0 saturated carbocycles. The molecule has 2 aromatic carbocycles. The van der Waals surface area contributed by atoms with Crippen LogP contribution in [0.3, 0.4) is 0 Å². The first-order chi connectivity index (χ1) is 14.0. The Kier molecular flexibility index (Phi) is 6.85. The summed E-state index contributed by atoms with van der Waals surface area (Å²) in [5.41, 5.74) is 1.21. The van der Waals surface area contributed by atoms with E-state index in [0.29, 0.717) is 16.4 Å². The Morgan fingerprint density at radius 3 is 2.41 bits per heavy atom. The van der Waals surface area contributed by atoms with Crippen LogP contribution in [0.1, 0.15) is 15.9 Å². The first kappa shape index (κ1) is 20.4. The van der Waals surface area contributed by atoms with E-state index >= 15 is 0 Å². The van der Waals surface area contributed by atoms with Gasteiger partial charge in [0.05, 0.1) is 11.3 Å². The van der Waals surface area contributed by atoms with Gasteiger partial charge in [-0.05, 0) is 42.0 Å². The third-order valence-electron chi connectivity index (χ3n) is 3.60. The van der Waals surface area contributed by atoms with E-state index in [1.54, 1.807) is 6.07 Å². The maximum atomic E-state index is 13.1. The minimum Gasteiger partial charge on any atom is -0.460 e. The lowest BCUT2D eigenvalue weighted by Crippen LogP contribution is -2.13. The number of thioether (sulfide) groups is 1. The van der Waals surface area contributed by atoms with Crippen LogP contribution in [-0.4, -0.2) is 27.6 Å². The number of hydrogen-bond acceptors (Lipinski definition) is 6. The van der Waals surface area contributed by atoms with Gasteiger partial charge < -0.3 is 10.1 Å². The van der Waals surface area contributed by atoms with E-state index in [2.05, 4.69) is 15.3 Å². The van der Waals surface area contributed by atoms with Crippen molar-refractivity contribution in [2.75, 3.05) is 11.1 Å². The second kappa shape index (κ2) is 9.74. The molecule has 0 atom stereocenters. The van der Waals surface area contributed by atoms with Crippen LogP contribution in [0.4, 0.5) is 14.5 Å². The molecule has 0 radical (unpaired) electrons. The Bertz CT molecular complexity index is 999. The SMILES string of the molecule is O=C(CSc1ncc(C(=O)Nc2ccc(F)cc2)cn1)OCc1cccc(F)c1. The number of anilines is 1. The van der Waals surface area contributed by atoms with Gasteiger partial charge in [0.25, 0.3) is 5.91 Å². The standard InChI is InChI=1S/C20H15F2N3O3S/c21-15-4-6-17(7-5-15)25-19(27)14-9-23-20(24-10-14)29-12-18(26)28-11-13-2-1-3-16(22)8-13/h1-10H,11-12H2,(H,25,27). The van der Waals surface area contributed by atoms with Gasteiger partial charge in [-0.1, -0.05) is 23.9 Å². The van der Waals surface area contributed by atoms with E-state index in [9.17, 15) is 18.4 Å². The van der Waals surface area contributed by atoms with Gasteiger partial charge in [-0.15, -0.1) is 0 Å². The van der Waals surface area contributed by atoms with Gasteiger partial charge in [-0.2, -0.15) is 0 Å². The van der Waals surface area contributed by atoms with Crippen LogP contribution in [0.25, 0.3) is 0 Å². The van der Waals surface area contributed by atoms with Gasteiger partial charge in [0.2, 0.25) is 0 Å². The zero-order valence-corrected chi connectivity index (χ0v) is 15.8. The molecule has 0 aliphatic carbocycles. The molecule has 0 aliphatic heterocycles. The summed E-state index contributed by atoms with van der Waals surface area (Å²) in [5, 5.41) is 2.90. The molecule has 0 fully saturated rings. The molecule has 0 bridgehead atoms. The monoisotopic (exact) mass is 415 g/mol. The third-order valence-corrected chi connectivity index (χ3v) is 4.45. The fraction of sp³-hybridized carbons (Fsp3) is 0.100. The van der Waals surface area contributed by atoms with Crippen molar-refractivity contribution in [1.29, 1.82) is 0 Å². The third kappa shape index (κ3) is 6.35. The largest absolute Gasteiger partial charge is 0.460 e. The van der Waals surface area contributed by atoms with Gasteiger partial charge in [0, 0.05) is 18.1 Å². The fourth-order valence-electron chi connectivity index (χ4n) is 2.20. The number of esters is 1. The van der Waals surface area contributed by atoms with Crippen LogP contribution in [0.5, 0.6) is 0 Å². The number of hydrogen-bond donors (Lipinski definition) is 1. The van der Waals surface area contributed by atoms with Crippen molar-refractivity contribution in [3.05, 3.63) is 83.7 Å². The van der Waals surface area contributed by atoms with Crippen LogP contribution < -0.4 is 5.32 Å². The van der Waals surface area contributed by atoms with Crippen LogP contribution in [-0.2, 0) is 16.1 Å². The highest BCUT2D eigenvalue weighted by atomic mass is 32.2. The lowest BCUT2D eigenvalue weighted by atomic mass is 10.2. The molecule has 9 heteroatoms. The highest BCUT2D eigenvalue weighted by molar-refractivity contribution is 7.99. The molecule has 148 valence electrons. The van der Waals surface area contributed by atoms with Crippen molar-refractivity contribution in [3.63, 3.8) is 0 Å². The lowest BCUT2D eigenvalue weighted by Gasteiger charge is -2.06. The van der Waals surface area contributed by atoms with Crippen molar-refractivity contribution < 1.29 is 23.1 Å². The summed E-state index contributed by atoms with van der Waals surface area (Å²) in [6.45, 7) is -0.0273. The molecule has 29 heavy (non-hydrogen) atoms. The molecule has 1 heterocycles. The molecule has 0 spiro atoms. The minimum absolute atomic E-state index is 0.0273. The zero-order chi connectivity index (χ0) is 20.6. The number of ether oxygens (including phenoxy) is 1.